The number of nitrogens with zero attached hydrogens (tertiary/aromatic N) is 2. The number of hydrogen-bond donors (Lipinski definition) is 0. The summed E-state index contributed by atoms with van der Waals surface area (Å²) >= 11 is 0. The maximum Gasteiger partial charge on any atom is 0.119 e. The van der Waals surface area contributed by atoms with E-state index in [2.05, 4.69) is 306 Å². The van der Waals surface area contributed by atoms with Crippen LogP contribution in [0.2, 0.25) is 0 Å². The Kier molecular flexibility index (Phi) is 15.1. The minimum atomic E-state index is -0.382. The van der Waals surface area contributed by atoms with Crippen molar-refractivity contribution in [2.45, 2.75) is 64.7 Å². The number of benzene rings is 11. The molecule has 0 bridgehead atoms. The quantitative estimate of drug-likeness (QED) is 0.0852. The Hall–Kier alpha value is -9.70. The Morgan fingerprint density at radius 2 is 0.919 bits per heavy atom. The molecule has 1 heterocycles. The van der Waals surface area contributed by atoms with Crippen LogP contribution in [0.3, 0.4) is 0 Å². The number of rotatable bonds is 18. The SMILES string of the molecule is C=Cc1ccc(OCC(C)CCC(C)CC2(c3ccccc3)c3ccccc3-c3ccc(N(c4ccc(-c5ccc(C(C)(C)C)cc5)cc4)c4ccc(-c5ccc6c(c5)c5cc(-c7ccc(C=C)cc7)ccc5n6-c5ccccc5)cc4)cc32)cc1. The van der Waals surface area contributed by atoms with Crippen LogP contribution in [0.25, 0.3) is 84.2 Å². The third-order valence-corrected chi connectivity index (χ3v) is 18.0. The van der Waals surface area contributed by atoms with Gasteiger partial charge in [0.05, 0.1) is 17.6 Å². The molecule has 3 nitrogen and oxygen atoms in total. The zero-order valence-electron chi connectivity index (χ0n) is 50.2. The van der Waals surface area contributed by atoms with Crippen LogP contribution in [-0.4, -0.2) is 11.2 Å². The first-order valence-corrected chi connectivity index (χ1v) is 30.6. The van der Waals surface area contributed by atoms with Crippen molar-refractivity contribution in [1.82, 2.24) is 4.57 Å². The Bertz CT molecular complexity index is 4380. The second-order valence-corrected chi connectivity index (χ2v) is 24.8. The molecule has 422 valence electrons. The van der Waals surface area contributed by atoms with E-state index in [1.165, 1.54) is 83.0 Å². The molecule has 3 atom stereocenters. The van der Waals surface area contributed by atoms with E-state index >= 15 is 0 Å². The van der Waals surface area contributed by atoms with Crippen LogP contribution < -0.4 is 9.64 Å². The van der Waals surface area contributed by atoms with Gasteiger partial charge < -0.3 is 14.2 Å². The van der Waals surface area contributed by atoms with Gasteiger partial charge in [0.2, 0.25) is 0 Å². The molecule has 0 spiro atoms. The zero-order valence-corrected chi connectivity index (χ0v) is 50.2. The van der Waals surface area contributed by atoms with Crippen molar-refractivity contribution < 1.29 is 4.74 Å². The van der Waals surface area contributed by atoms with E-state index in [1.54, 1.807) is 0 Å². The summed E-state index contributed by atoms with van der Waals surface area (Å²) in [5.74, 6) is 1.72. The van der Waals surface area contributed by atoms with Crippen molar-refractivity contribution in [3.63, 3.8) is 0 Å². The summed E-state index contributed by atoms with van der Waals surface area (Å²) in [5.41, 5.74) is 23.8. The first-order valence-electron chi connectivity index (χ1n) is 30.6. The molecule has 86 heavy (non-hydrogen) atoms. The predicted octanol–water partition coefficient (Wildman–Crippen LogP) is 22.7. The molecule has 0 N–H and O–H groups in total. The lowest BCUT2D eigenvalue weighted by atomic mass is 9.67. The summed E-state index contributed by atoms with van der Waals surface area (Å²) in [6, 6.07) is 96.8. The van der Waals surface area contributed by atoms with Crippen LogP contribution in [0, 0.1) is 11.8 Å². The van der Waals surface area contributed by atoms with Gasteiger partial charge >= 0.3 is 0 Å². The first kappa shape index (κ1) is 55.5. The highest BCUT2D eigenvalue weighted by molar-refractivity contribution is 6.11. The number of para-hydroxylation sites is 1. The molecule has 0 aliphatic heterocycles. The Balaban J connectivity index is 0.891. The van der Waals surface area contributed by atoms with E-state index in [0.717, 1.165) is 64.5 Å². The maximum atomic E-state index is 6.32. The number of fused-ring (bicyclic) bond motifs is 6. The van der Waals surface area contributed by atoms with E-state index in [0.29, 0.717) is 18.4 Å². The molecule has 0 saturated heterocycles. The summed E-state index contributed by atoms with van der Waals surface area (Å²) in [7, 11) is 0. The molecule has 11 aromatic carbocycles. The smallest absolute Gasteiger partial charge is 0.119 e. The molecule has 0 fully saturated rings. The summed E-state index contributed by atoms with van der Waals surface area (Å²) in [6.07, 6.45) is 6.90. The molecule has 1 aliphatic rings. The fraction of sp³-hybridized carbons (Fsp3) is 0.157. The zero-order chi connectivity index (χ0) is 58.9. The van der Waals surface area contributed by atoms with E-state index in [-0.39, 0.29) is 10.8 Å². The van der Waals surface area contributed by atoms with E-state index in [4.69, 9.17) is 4.74 Å². The average molecular weight is 1120 g/mol. The molecule has 13 rings (SSSR count). The van der Waals surface area contributed by atoms with Gasteiger partial charge in [-0.15, -0.1) is 0 Å². The molecular formula is C83H74N2O. The number of hydrogen-bond acceptors (Lipinski definition) is 2. The molecule has 0 amide bonds. The van der Waals surface area contributed by atoms with Crippen molar-refractivity contribution in [1.29, 1.82) is 0 Å². The van der Waals surface area contributed by atoms with Gasteiger partial charge in [-0.1, -0.05) is 242 Å². The van der Waals surface area contributed by atoms with Gasteiger partial charge in [0.25, 0.3) is 0 Å². The number of ether oxygens (including phenoxy) is 1. The summed E-state index contributed by atoms with van der Waals surface area (Å²) < 4.78 is 8.72. The minimum Gasteiger partial charge on any atom is -0.493 e. The Labute approximate surface area is 508 Å². The molecule has 3 heteroatoms. The molecule has 0 radical (unpaired) electrons. The summed E-state index contributed by atoms with van der Waals surface area (Å²) in [5, 5.41) is 2.44. The lowest BCUT2D eigenvalue weighted by Crippen LogP contribution is -2.30. The highest BCUT2D eigenvalue weighted by atomic mass is 16.5. The van der Waals surface area contributed by atoms with Crippen LogP contribution in [0.1, 0.15) is 87.3 Å². The van der Waals surface area contributed by atoms with Crippen molar-refractivity contribution >= 4 is 51.0 Å². The van der Waals surface area contributed by atoms with Crippen LogP contribution in [0.4, 0.5) is 17.1 Å². The third kappa shape index (κ3) is 10.7. The topological polar surface area (TPSA) is 17.4 Å². The molecule has 1 aliphatic carbocycles. The number of aromatic nitrogens is 1. The van der Waals surface area contributed by atoms with Gasteiger partial charge in [-0.3, -0.25) is 0 Å². The van der Waals surface area contributed by atoms with E-state index in [9.17, 15) is 0 Å². The normalized spacial score (nSPS) is 14.3. The van der Waals surface area contributed by atoms with E-state index < -0.39 is 0 Å². The van der Waals surface area contributed by atoms with Crippen LogP contribution in [0.5, 0.6) is 5.75 Å². The van der Waals surface area contributed by atoms with Crippen LogP contribution >= 0.6 is 0 Å². The van der Waals surface area contributed by atoms with Crippen LogP contribution in [0.15, 0.2) is 274 Å². The van der Waals surface area contributed by atoms with Gasteiger partial charge in [0.1, 0.15) is 5.75 Å². The fourth-order valence-corrected chi connectivity index (χ4v) is 13.3. The largest absolute Gasteiger partial charge is 0.493 e. The maximum absolute atomic E-state index is 6.32. The predicted molar refractivity (Wildman–Crippen MR) is 367 cm³/mol. The molecule has 1 aromatic heterocycles. The highest BCUT2D eigenvalue weighted by Gasteiger charge is 2.45. The highest BCUT2D eigenvalue weighted by Crippen LogP contribution is 2.57. The second kappa shape index (κ2) is 23.4. The van der Waals surface area contributed by atoms with Crippen molar-refractivity contribution in [3.05, 3.63) is 307 Å². The van der Waals surface area contributed by atoms with Crippen LogP contribution in [-0.2, 0) is 10.8 Å². The fourth-order valence-electron chi connectivity index (χ4n) is 13.3. The van der Waals surface area contributed by atoms with E-state index in [1.807, 2.05) is 24.3 Å². The van der Waals surface area contributed by atoms with Gasteiger partial charge in [-0.2, -0.15) is 0 Å². The van der Waals surface area contributed by atoms with Crippen molar-refractivity contribution in [2.24, 2.45) is 11.8 Å². The first-order chi connectivity index (χ1) is 41.9. The van der Waals surface area contributed by atoms with Gasteiger partial charge in [0.15, 0.2) is 0 Å². The monoisotopic (exact) mass is 1110 g/mol. The Morgan fingerprint density at radius 3 is 1.49 bits per heavy atom. The molecular weight excluding hydrogens is 1040 g/mol. The minimum absolute atomic E-state index is 0.0817. The second-order valence-electron chi connectivity index (χ2n) is 24.8. The van der Waals surface area contributed by atoms with Gasteiger partial charge in [-0.25, -0.2) is 0 Å². The summed E-state index contributed by atoms with van der Waals surface area (Å²) in [6.45, 7) is 20.2. The lowest BCUT2D eigenvalue weighted by Gasteiger charge is -2.36. The standard InChI is InChI=1S/C83H74N2O/c1-8-59-26-30-63(31-27-59)65-38-50-80-76(52-65)77-53-66(39-51-81(77)85(80)69-20-14-11-15-21-69)64-36-44-71(45-37-64)84(70-42-34-62(35-43-70)61-32-40-67(41-33-61)82(5,6)7)72-46-49-75-74-22-16-17-23-78(74)83(79(75)54-72,68-18-12-10-13-19-68)55-57(3)24-25-58(4)56-86-73-47-28-60(9-2)29-48-73/h8-23,26-54,57-58H,1-2,24-25,55-56H2,3-7H3. The molecule has 12 aromatic rings. The lowest BCUT2D eigenvalue weighted by molar-refractivity contribution is 0.240. The van der Waals surface area contributed by atoms with Crippen molar-refractivity contribution in [3.8, 4) is 55.9 Å². The van der Waals surface area contributed by atoms with Crippen molar-refractivity contribution in [2.75, 3.05) is 11.5 Å². The molecule has 0 saturated carbocycles. The van der Waals surface area contributed by atoms with Gasteiger partial charge in [0, 0.05) is 38.9 Å². The third-order valence-electron chi connectivity index (χ3n) is 18.0. The number of anilines is 3. The molecule has 3 unspecified atom stereocenters. The Morgan fingerprint density at radius 1 is 0.453 bits per heavy atom. The van der Waals surface area contributed by atoms with Gasteiger partial charge in [-0.05, 0) is 193 Å². The summed E-state index contributed by atoms with van der Waals surface area (Å²) in [4.78, 5) is 2.46. The average Bonchev–Trinajstić information content (AvgIpc) is 1.64.